The molecule has 0 radical (unpaired) electrons. The van der Waals surface area contributed by atoms with E-state index >= 15 is 0 Å². The first-order valence-corrected chi connectivity index (χ1v) is 7.36. The van der Waals surface area contributed by atoms with E-state index in [1.54, 1.807) is 14.2 Å². The van der Waals surface area contributed by atoms with Crippen molar-refractivity contribution in [1.82, 2.24) is 10.6 Å². The Labute approximate surface area is 122 Å². The van der Waals surface area contributed by atoms with E-state index in [4.69, 9.17) is 9.47 Å². The average Bonchev–Trinajstić information content (AvgIpc) is 2.39. The Kier molecular flexibility index (Phi) is 6.43. The number of rotatable bonds is 6. The second-order valence-electron chi connectivity index (χ2n) is 6.76. The smallest absolute Gasteiger partial charge is 0.228 e. The van der Waals surface area contributed by atoms with Gasteiger partial charge in [0.25, 0.3) is 0 Å². The molecule has 0 aromatic heterocycles. The Balaban J connectivity index is 2.62. The molecule has 1 aliphatic rings. The predicted octanol–water partition coefficient (Wildman–Crippen LogP) is 1.18. The van der Waals surface area contributed by atoms with Gasteiger partial charge in [-0.1, -0.05) is 20.8 Å². The molecule has 5 heteroatoms. The van der Waals surface area contributed by atoms with E-state index in [0.29, 0.717) is 13.2 Å². The largest absolute Gasteiger partial charge is 0.384 e. The third-order valence-electron chi connectivity index (χ3n) is 4.16. The number of methoxy groups -OCH3 is 2. The van der Waals surface area contributed by atoms with Gasteiger partial charge in [0.05, 0.1) is 18.1 Å². The van der Waals surface area contributed by atoms with Crippen molar-refractivity contribution in [1.29, 1.82) is 0 Å². The Morgan fingerprint density at radius 3 is 2.35 bits per heavy atom. The lowest BCUT2D eigenvalue weighted by Gasteiger charge is -2.37. The molecule has 118 valence electrons. The highest BCUT2D eigenvalue weighted by Gasteiger charge is 2.40. The van der Waals surface area contributed by atoms with Crippen LogP contribution in [0.3, 0.4) is 0 Å². The molecule has 1 fully saturated rings. The van der Waals surface area contributed by atoms with Gasteiger partial charge in [0.1, 0.15) is 0 Å². The molecule has 1 amide bonds. The van der Waals surface area contributed by atoms with Gasteiger partial charge in [-0.05, 0) is 31.3 Å². The number of ether oxygens (including phenoxy) is 2. The van der Waals surface area contributed by atoms with Crippen LogP contribution in [0, 0.1) is 10.8 Å². The van der Waals surface area contributed by atoms with Crippen LogP contribution in [0.15, 0.2) is 0 Å². The van der Waals surface area contributed by atoms with Gasteiger partial charge < -0.3 is 20.1 Å². The fourth-order valence-electron chi connectivity index (χ4n) is 2.73. The van der Waals surface area contributed by atoms with Gasteiger partial charge in [-0.3, -0.25) is 4.79 Å². The lowest BCUT2D eigenvalue weighted by Crippen LogP contribution is -2.52. The van der Waals surface area contributed by atoms with Crippen LogP contribution in [0.25, 0.3) is 0 Å². The highest BCUT2D eigenvalue weighted by Crippen LogP contribution is 2.29. The molecule has 1 rings (SSSR count). The highest BCUT2D eigenvalue weighted by molar-refractivity contribution is 5.83. The summed E-state index contributed by atoms with van der Waals surface area (Å²) in [4.78, 5) is 12.6. The summed E-state index contributed by atoms with van der Waals surface area (Å²) in [6.07, 6.45) is 1.65. The van der Waals surface area contributed by atoms with Gasteiger partial charge in [0.2, 0.25) is 5.91 Å². The van der Waals surface area contributed by atoms with Gasteiger partial charge in [-0.25, -0.2) is 0 Å². The molecular weight excluding hydrogens is 256 g/mol. The van der Waals surface area contributed by atoms with Crippen molar-refractivity contribution < 1.29 is 14.3 Å². The van der Waals surface area contributed by atoms with Crippen LogP contribution in [-0.4, -0.2) is 52.5 Å². The third-order valence-corrected chi connectivity index (χ3v) is 4.16. The van der Waals surface area contributed by atoms with Crippen molar-refractivity contribution in [3.63, 3.8) is 0 Å². The summed E-state index contributed by atoms with van der Waals surface area (Å²) in [6, 6.07) is 0. The van der Waals surface area contributed by atoms with Crippen LogP contribution in [0.2, 0.25) is 0 Å². The zero-order valence-corrected chi connectivity index (χ0v) is 13.5. The minimum Gasteiger partial charge on any atom is -0.384 e. The maximum Gasteiger partial charge on any atom is 0.228 e. The van der Waals surface area contributed by atoms with Gasteiger partial charge in [0, 0.05) is 20.8 Å². The monoisotopic (exact) mass is 286 g/mol. The maximum atomic E-state index is 12.6. The SMILES string of the molecule is COCC1(C(=O)NCC(OC)C(C)(C)C)CCNCC1. The van der Waals surface area contributed by atoms with Gasteiger partial charge >= 0.3 is 0 Å². The van der Waals surface area contributed by atoms with Crippen LogP contribution < -0.4 is 10.6 Å². The van der Waals surface area contributed by atoms with Gasteiger partial charge in [-0.2, -0.15) is 0 Å². The Morgan fingerprint density at radius 2 is 1.90 bits per heavy atom. The van der Waals surface area contributed by atoms with E-state index in [9.17, 15) is 4.79 Å². The normalized spacial score (nSPS) is 20.4. The molecule has 1 unspecified atom stereocenters. The quantitative estimate of drug-likeness (QED) is 0.770. The summed E-state index contributed by atoms with van der Waals surface area (Å²) in [7, 11) is 3.35. The first kappa shape index (κ1) is 17.4. The van der Waals surface area contributed by atoms with Crippen molar-refractivity contribution in [2.24, 2.45) is 10.8 Å². The second-order valence-corrected chi connectivity index (χ2v) is 6.76. The summed E-state index contributed by atoms with van der Waals surface area (Å²) >= 11 is 0. The zero-order valence-electron chi connectivity index (χ0n) is 13.5. The molecule has 0 aromatic carbocycles. The first-order valence-electron chi connectivity index (χ1n) is 7.36. The fraction of sp³-hybridized carbons (Fsp3) is 0.933. The Hall–Kier alpha value is -0.650. The van der Waals surface area contributed by atoms with Crippen LogP contribution in [-0.2, 0) is 14.3 Å². The highest BCUT2D eigenvalue weighted by atomic mass is 16.5. The molecule has 0 aliphatic carbocycles. The number of carbonyl (C=O) groups excluding carboxylic acids is 1. The lowest BCUT2D eigenvalue weighted by molar-refractivity contribution is -0.137. The summed E-state index contributed by atoms with van der Waals surface area (Å²) < 4.78 is 10.8. The van der Waals surface area contributed by atoms with E-state index in [1.807, 2.05) is 0 Å². The molecule has 0 spiro atoms. The zero-order chi connectivity index (χ0) is 15.2. The van der Waals surface area contributed by atoms with Gasteiger partial charge in [0.15, 0.2) is 0 Å². The minimum atomic E-state index is -0.393. The molecule has 1 aliphatic heterocycles. The molecule has 1 heterocycles. The number of amides is 1. The number of nitrogens with one attached hydrogen (secondary N) is 2. The minimum absolute atomic E-state index is 0.00453. The molecule has 5 nitrogen and oxygen atoms in total. The number of carbonyl (C=O) groups is 1. The third kappa shape index (κ3) is 4.43. The standard InChI is InChI=1S/C15H30N2O3/c1-14(2,3)12(20-5)10-17-13(18)15(11-19-4)6-8-16-9-7-15/h12,16H,6-11H2,1-5H3,(H,17,18). The molecule has 1 atom stereocenters. The van der Waals surface area contributed by atoms with Crippen molar-refractivity contribution >= 4 is 5.91 Å². The topological polar surface area (TPSA) is 59.6 Å². The molecule has 0 bridgehead atoms. The first-order chi connectivity index (χ1) is 9.35. The summed E-state index contributed by atoms with van der Waals surface area (Å²) in [5, 5.41) is 6.36. The van der Waals surface area contributed by atoms with E-state index in [2.05, 4.69) is 31.4 Å². The molecule has 20 heavy (non-hydrogen) atoms. The van der Waals surface area contributed by atoms with Crippen LogP contribution >= 0.6 is 0 Å². The van der Waals surface area contributed by atoms with Crippen molar-refractivity contribution in [3.05, 3.63) is 0 Å². The van der Waals surface area contributed by atoms with E-state index in [1.165, 1.54) is 0 Å². The Bertz CT molecular complexity index is 301. The average molecular weight is 286 g/mol. The van der Waals surface area contributed by atoms with Gasteiger partial charge in [-0.15, -0.1) is 0 Å². The van der Waals surface area contributed by atoms with Crippen LogP contribution in [0.4, 0.5) is 0 Å². The molecule has 1 saturated heterocycles. The predicted molar refractivity (Wildman–Crippen MR) is 79.7 cm³/mol. The van der Waals surface area contributed by atoms with Crippen LogP contribution in [0.5, 0.6) is 0 Å². The lowest BCUT2D eigenvalue weighted by atomic mass is 9.78. The molecule has 2 N–H and O–H groups in total. The molecule has 0 saturated carbocycles. The van der Waals surface area contributed by atoms with Crippen molar-refractivity contribution in [3.8, 4) is 0 Å². The number of piperidine rings is 1. The summed E-state index contributed by atoms with van der Waals surface area (Å²) in [5.74, 6) is 0.0900. The second kappa shape index (κ2) is 7.38. The van der Waals surface area contributed by atoms with Crippen molar-refractivity contribution in [2.45, 2.75) is 39.7 Å². The van der Waals surface area contributed by atoms with E-state index < -0.39 is 5.41 Å². The van der Waals surface area contributed by atoms with E-state index in [-0.39, 0.29) is 17.4 Å². The summed E-state index contributed by atoms with van der Waals surface area (Å²) in [5.41, 5.74) is -0.388. The van der Waals surface area contributed by atoms with E-state index in [0.717, 1.165) is 25.9 Å². The fourth-order valence-corrected chi connectivity index (χ4v) is 2.73. The number of hydrogen-bond donors (Lipinski definition) is 2. The molecule has 0 aromatic rings. The summed E-state index contributed by atoms with van der Waals surface area (Å²) in [6.45, 7) is 9.09. The van der Waals surface area contributed by atoms with Crippen molar-refractivity contribution in [2.75, 3.05) is 40.5 Å². The Morgan fingerprint density at radius 1 is 1.30 bits per heavy atom. The van der Waals surface area contributed by atoms with Crippen LogP contribution in [0.1, 0.15) is 33.6 Å². The number of hydrogen-bond acceptors (Lipinski definition) is 4. The molecular formula is C15H30N2O3. The maximum absolute atomic E-state index is 12.6.